The highest BCUT2D eigenvalue weighted by molar-refractivity contribution is 5.87. The topological polar surface area (TPSA) is 88.7 Å². The molecule has 2 aliphatic carbocycles. The minimum Gasteiger partial charge on any atom is -0.478 e. The van der Waals surface area contributed by atoms with Crippen molar-refractivity contribution >= 4 is 11.8 Å². The van der Waals surface area contributed by atoms with E-state index in [0.717, 1.165) is 48.5 Å². The quantitative estimate of drug-likeness (QED) is 0.424. The normalized spacial score (nSPS) is 25.3. The van der Waals surface area contributed by atoms with E-state index in [2.05, 4.69) is 39.3 Å². The third kappa shape index (κ3) is 3.99. The van der Waals surface area contributed by atoms with Gasteiger partial charge in [0.2, 0.25) is 0 Å². The molecule has 1 aromatic carbocycles. The van der Waals surface area contributed by atoms with Gasteiger partial charge in [-0.1, -0.05) is 29.4 Å². The number of nitrogens with zero attached hydrogens (tertiary/aromatic N) is 3. The van der Waals surface area contributed by atoms with Crippen LogP contribution in [0.3, 0.4) is 0 Å². The molecule has 4 aliphatic rings. The van der Waals surface area contributed by atoms with Crippen LogP contribution in [-0.4, -0.2) is 39.4 Å². The first kappa shape index (κ1) is 22.0. The number of hydrogen-bond donors (Lipinski definition) is 1. The Hall–Kier alpha value is -3.19. The van der Waals surface area contributed by atoms with E-state index in [4.69, 9.17) is 9.26 Å². The van der Waals surface area contributed by atoms with E-state index in [1.165, 1.54) is 43.0 Å². The standard InChI is InChI=1S/C29H31N3O4/c33-29(34)19-9-12-26(30-15-19)32-20-10-11-21(32)14-22(13-20)35-16-25-27(31-36-28(25)18-7-8-18)24-4-2-1-3-23(24)17-5-6-17/h1-4,9,12,15,17-18,20-22H,5-8,10-11,13-14,16H2,(H,33,34)/t20-,21+,22?. The Kier molecular flexibility index (Phi) is 5.35. The fraction of sp³-hybridized carbons (Fsp3) is 0.483. The third-order valence-electron chi connectivity index (χ3n) is 8.41. The number of aromatic nitrogens is 2. The van der Waals surface area contributed by atoms with Gasteiger partial charge in [0.1, 0.15) is 17.3 Å². The van der Waals surface area contributed by atoms with Crippen LogP contribution in [0.1, 0.15) is 90.4 Å². The number of carboxylic acids is 1. The predicted octanol–water partition coefficient (Wildman–Crippen LogP) is 5.91. The molecular weight excluding hydrogens is 454 g/mol. The Balaban J connectivity index is 1.09. The Bertz CT molecular complexity index is 1260. The number of ether oxygens (including phenoxy) is 1. The van der Waals surface area contributed by atoms with Crippen molar-refractivity contribution in [3.63, 3.8) is 0 Å². The summed E-state index contributed by atoms with van der Waals surface area (Å²) in [4.78, 5) is 18.1. The van der Waals surface area contributed by atoms with Crippen LogP contribution in [0.4, 0.5) is 5.82 Å². The maximum Gasteiger partial charge on any atom is 0.337 e. The largest absolute Gasteiger partial charge is 0.478 e. The molecule has 2 saturated carbocycles. The van der Waals surface area contributed by atoms with Gasteiger partial charge >= 0.3 is 5.97 Å². The van der Waals surface area contributed by atoms with E-state index in [-0.39, 0.29) is 11.7 Å². The number of anilines is 1. The van der Waals surface area contributed by atoms with Gasteiger partial charge in [0.15, 0.2) is 0 Å². The van der Waals surface area contributed by atoms with Crippen molar-refractivity contribution in [1.82, 2.24) is 10.1 Å². The maximum atomic E-state index is 11.2. The van der Waals surface area contributed by atoms with Crippen molar-refractivity contribution in [2.45, 2.75) is 88.0 Å². The Morgan fingerprint density at radius 2 is 1.75 bits per heavy atom. The van der Waals surface area contributed by atoms with Crippen LogP contribution >= 0.6 is 0 Å². The van der Waals surface area contributed by atoms with Crippen molar-refractivity contribution in [2.75, 3.05) is 4.90 Å². The summed E-state index contributed by atoms with van der Waals surface area (Å²) in [6.45, 7) is 0.541. The number of fused-ring (bicyclic) bond motifs is 2. The maximum absolute atomic E-state index is 11.2. The second-order valence-electron chi connectivity index (χ2n) is 10.9. The van der Waals surface area contributed by atoms with Crippen LogP contribution in [-0.2, 0) is 11.3 Å². The number of pyridine rings is 1. The molecule has 4 fully saturated rings. The van der Waals surface area contributed by atoms with E-state index in [1.807, 2.05) is 6.07 Å². The Morgan fingerprint density at radius 3 is 2.42 bits per heavy atom. The van der Waals surface area contributed by atoms with E-state index in [0.29, 0.717) is 30.5 Å². The van der Waals surface area contributed by atoms with Gasteiger partial charge in [-0.25, -0.2) is 9.78 Å². The van der Waals surface area contributed by atoms with Crippen LogP contribution in [0.5, 0.6) is 0 Å². The second kappa shape index (κ2) is 8.73. The van der Waals surface area contributed by atoms with Gasteiger partial charge in [0.25, 0.3) is 0 Å². The summed E-state index contributed by atoms with van der Waals surface area (Å²) in [6, 6.07) is 12.9. The molecule has 3 aromatic rings. The highest BCUT2D eigenvalue weighted by atomic mass is 16.5. The van der Waals surface area contributed by atoms with E-state index in [1.54, 1.807) is 6.07 Å². The minimum absolute atomic E-state index is 0.186. The zero-order chi connectivity index (χ0) is 24.2. The lowest BCUT2D eigenvalue weighted by Crippen LogP contribution is -2.46. The van der Waals surface area contributed by atoms with Gasteiger partial charge in [-0.05, 0) is 75.0 Å². The van der Waals surface area contributed by atoms with Crippen LogP contribution in [0.2, 0.25) is 0 Å². The molecule has 7 heteroatoms. The van der Waals surface area contributed by atoms with Gasteiger partial charge in [0.05, 0.1) is 18.3 Å². The molecule has 2 aliphatic heterocycles. The van der Waals surface area contributed by atoms with Crippen molar-refractivity contribution in [3.8, 4) is 11.3 Å². The minimum atomic E-state index is -0.942. The monoisotopic (exact) mass is 485 g/mol. The van der Waals surface area contributed by atoms with Crippen LogP contribution in [0.15, 0.2) is 47.1 Å². The van der Waals surface area contributed by atoms with E-state index >= 15 is 0 Å². The van der Waals surface area contributed by atoms with E-state index < -0.39 is 5.97 Å². The van der Waals surface area contributed by atoms with Crippen molar-refractivity contribution in [1.29, 1.82) is 0 Å². The molecule has 2 bridgehead atoms. The van der Waals surface area contributed by atoms with Crippen LogP contribution in [0, 0.1) is 0 Å². The second-order valence-corrected chi connectivity index (χ2v) is 10.9. The molecule has 1 N–H and O–H groups in total. The van der Waals surface area contributed by atoms with Crippen molar-refractivity contribution in [2.24, 2.45) is 0 Å². The summed E-state index contributed by atoms with van der Waals surface area (Å²) in [7, 11) is 0. The van der Waals surface area contributed by atoms with Gasteiger partial charge in [-0.3, -0.25) is 0 Å². The molecule has 7 rings (SSSR count). The summed E-state index contributed by atoms with van der Waals surface area (Å²) in [5.74, 6) is 2.09. The number of rotatable bonds is 8. The number of piperidine rings is 1. The third-order valence-corrected chi connectivity index (χ3v) is 8.41. The molecule has 0 spiro atoms. The van der Waals surface area contributed by atoms with Crippen molar-refractivity contribution in [3.05, 3.63) is 65.0 Å². The van der Waals surface area contributed by atoms with Crippen LogP contribution in [0.25, 0.3) is 11.3 Å². The number of carbonyl (C=O) groups is 1. The number of hydrogen-bond acceptors (Lipinski definition) is 6. The number of benzene rings is 1. The van der Waals surface area contributed by atoms with Gasteiger partial charge in [-0.2, -0.15) is 0 Å². The molecule has 2 saturated heterocycles. The van der Waals surface area contributed by atoms with Crippen LogP contribution < -0.4 is 4.90 Å². The van der Waals surface area contributed by atoms with E-state index in [9.17, 15) is 9.90 Å². The summed E-state index contributed by atoms with van der Waals surface area (Å²) in [5.41, 5.74) is 4.94. The highest BCUT2D eigenvalue weighted by Crippen LogP contribution is 2.48. The number of aromatic carboxylic acids is 1. The molecular formula is C29H31N3O4. The van der Waals surface area contributed by atoms with Crippen molar-refractivity contribution < 1.29 is 19.2 Å². The smallest absolute Gasteiger partial charge is 0.337 e. The summed E-state index contributed by atoms with van der Waals surface area (Å²) in [6.07, 6.45) is 10.6. The molecule has 2 aromatic heterocycles. The molecule has 1 unspecified atom stereocenters. The molecule has 0 amide bonds. The molecule has 0 radical (unpaired) electrons. The molecule has 3 atom stereocenters. The lowest BCUT2D eigenvalue weighted by atomic mass is 9.96. The highest BCUT2D eigenvalue weighted by Gasteiger charge is 2.42. The van der Waals surface area contributed by atoms with Gasteiger partial charge < -0.3 is 19.3 Å². The molecule has 186 valence electrons. The molecule has 7 nitrogen and oxygen atoms in total. The first-order valence-corrected chi connectivity index (χ1v) is 13.3. The lowest BCUT2D eigenvalue weighted by molar-refractivity contribution is 0.0146. The lowest BCUT2D eigenvalue weighted by Gasteiger charge is -2.39. The number of carboxylic acid groups (broad SMARTS) is 1. The fourth-order valence-corrected chi connectivity index (χ4v) is 6.31. The first-order chi connectivity index (χ1) is 17.7. The zero-order valence-electron chi connectivity index (χ0n) is 20.3. The average Bonchev–Trinajstić information content (AvgIpc) is 3.83. The zero-order valence-corrected chi connectivity index (χ0v) is 20.3. The van der Waals surface area contributed by atoms with Gasteiger partial charge in [-0.15, -0.1) is 0 Å². The average molecular weight is 486 g/mol. The Morgan fingerprint density at radius 1 is 1.00 bits per heavy atom. The summed E-state index contributed by atoms with van der Waals surface area (Å²) in [5, 5.41) is 13.8. The summed E-state index contributed by atoms with van der Waals surface area (Å²) >= 11 is 0. The predicted molar refractivity (Wildman–Crippen MR) is 134 cm³/mol. The first-order valence-electron chi connectivity index (χ1n) is 13.3. The Labute approximate surface area is 210 Å². The summed E-state index contributed by atoms with van der Waals surface area (Å²) < 4.78 is 12.6. The fourth-order valence-electron chi connectivity index (χ4n) is 6.31. The molecule has 36 heavy (non-hydrogen) atoms. The van der Waals surface area contributed by atoms with Gasteiger partial charge in [0, 0.05) is 35.3 Å². The molecule has 4 heterocycles. The SMILES string of the molecule is O=C(O)c1ccc(N2[C@@H]3CC[C@H]2CC(OCc2c(-c4ccccc4C4CC4)noc2C2CC2)C3)nc1.